The molecule has 1 aromatic heterocycles. The van der Waals surface area contributed by atoms with Gasteiger partial charge in [-0.3, -0.25) is 0 Å². The van der Waals surface area contributed by atoms with Crippen LogP contribution in [0.3, 0.4) is 0 Å². The molecule has 96 valence electrons. The van der Waals surface area contributed by atoms with Gasteiger partial charge in [-0.1, -0.05) is 0 Å². The predicted octanol–water partition coefficient (Wildman–Crippen LogP) is 1.79. The van der Waals surface area contributed by atoms with Crippen molar-refractivity contribution in [1.82, 2.24) is 9.97 Å². The highest BCUT2D eigenvalue weighted by atomic mass is 16.3. The van der Waals surface area contributed by atoms with Gasteiger partial charge in [0.1, 0.15) is 5.82 Å². The topological polar surface area (TPSA) is 70.1 Å². The van der Waals surface area contributed by atoms with Crippen LogP contribution in [0.15, 0.2) is 6.20 Å². The molecule has 5 nitrogen and oxygen atoms in total. The van der Waals surface area contributed by atoms with Crippen LogP contribution in [0.2, 0.25) is 0 Å². The molecule has 0 aliphatic carbocycles. The summed E-state index contributed by atoms with van der Waals surface area (Å²) in [6.45, 7) is 10.3. The lowest BCUT2D eigenvalue weighted by Crippen LogP contribution is -2.42. The van der Waals surface area contributed by atoms with Gasteiger partial charge < -0.3 is 15.7 Å². The van der Waals surface area contributed by atoms with Crippen molar-refractivity contribution in [3.05, 3.63) is 11.8 Å². The first-order chi connectivity index (χ1) is 7.86. The summed E-state index contributed by atoms with van der Waals surface area (Å²) >= 11 is 0. The highest BCUT2D eigenvalue weighted by Crippen LogP contribution is 2.20. The average molecular weight is 238 g/mol. The minimum atomic E-state index is -0.473. The Morgan fingerprint density at radius 2 is 2.12 bits per heavy atom. The van der Waals surface area contributed by atoms with Gasteiger partial charge in [0.15, 0.2) is 0 Å². The van der Waals surface area contributed by atoms with Gasteiger partial charge in [-0.05, 0) is 34.6 Å². The van der Waals surface area contributed by atoms with Crippen molar-refractivity contribution in [2.24, 2.45) is 0 Å². The number of aliphatic hydroxyl groups excluding tert-OH is 1. The monoisotopic (exact) mass is 238 g/mol. The molecule has 1 atom stereocenters. The Labute approximate surface area is 103 Å². The minimum absolute atomic E-state index is 0.428. The summed E-state index contributed by atoms with van der Waals surface area (Å²) in [6.07, 6.45) is 1.30. The van der Waals surface area contributed by atoms with Crippen molar-refractivity contribution in [3.8, 4) is 0 Å². The van der Waals surface area contributed by atoms with Crippen LogP contribution < -0.4 is 10.6 Å². The van der Waals surface area contributed by atoms with Crippen LogP contribution >= 0.6 is 0 Å². The molecule has 1 aromatic rings. The van der Waals surface area contributed by atoms with E-state index in [0.717, 1.165) is 17.9 Å². The lowest BCUT2D eigenvalue weighted by Gasteiger charge is -2.30. The van der Waals surface area contributed by atoms with Crippen molar-refractivity contribution < 1.29 is 5.11 Å². The Bertz CT molecular complexity index is 377. The molecule has 1 heterocycles. The number of aryl methyl sites for hydroxylation is 1. The largest absolute Gasteiger partial charge is 0.391 e. The Kier molecular flexibility index (Phi) is 4.28. The molecule has 0 fully saturated rings. The molecule has 1 unspecified atom stereocenters. The van der Waals surface area contributed by atoms with E-state index in [4.69, 9.17) is 0 Å². The standard InChI is InChI=1S/C12H22N4O/c1-6-13-11-14-7-8(2)10(15-11)16-12(4,5)9(3)17/h7,9,17H,6H2,1-5H3,(H2,13,14,15,16). The van der Waals surface area contributed by atoms with Crippen LogP contribution in [0.25, 0.3) is 0 Å². The number of hydrogen-bond acceptors (Lipinski definition) is 5. The molecule has 3 N–H and O–H groups in total. The van der Waals surface area contributed by atoms with Crippen LogP contribution in [0, 0.1) is 6.92 Å². The lowest BCUT2D eigenvalue weighted by atomic mass is 9.98. The zero-order valence-corrected chi connectivity index (χ0v) is 11.2. The first kappa shape index (κ1) is 13.7. The van der Waals surface area contributed by atoms with E-state index in [1.807, 2.05) is 27.7 Å². The van der Waals surface area contributed by atoms with Crippen molar-refractivity contribution >= 4 is 11.8 Å². The van der Waals surface area contributed by atoms with Gasteiger partial charge in [-0.25, -0.2) is 4.98 Å². The van der Waals surface area contributed by atoms with Crippen molar-refractivity contribution in [2.75, 3.05) is 17.2 Å². The summed E-state index contributed by atoms with van der Waals surface area (Å²) in [5.41, 5.74) is 0.531. The average Bonchev–Trinajstić information content (AvgIpc) is 2.23. The van der Waals surface area contributed by atoms with Gasteiger partial charge in [0.05, 0.1) is 11.6 Å². The van der Waals surface area contributed by atoms with E-state index in [2.05, 4.69) is 20.6 Å². The van der Waals surface area contributed by atoms with Crippen LogP contribution in [0.5, 0.6) is 0 Å². The Morgan fingerprint density at radius 1 is 1.47 bits per heavy atom. The predicted molar refractivity (Wildman–Crippen MR) is 70.3 cm³/mol. The van der Waals surface area contributed by atoms with Gasteiger partial charge in [0.25, 0.3) is 0 Å². The fourth-order valence-corrected chi connectivity index (χ4v) is 1.22. The van der Waals surface area contributed by atoms with E-state index in [9.17, 15) is 5.11 Å². The number of aromatic nitrogens is 2. The maximum atomic E-state index is 9.68. The third kappa shape index (κ3) is 3.56. The summed E-state index contributed by atoms with van der Waals surface area (Å²) in [7, 11) is 0. The fraction of sp³-hybridized carbons (Fsp3) is 0.667. The molecule has 17 heavy (non-hydrogen) atoms. The Hall–Kier alpha value is -1.36. The Balaban J connectivity index is 2.93. The molecular formula is C12H22N4O. The van der Waals surface area contributed by atoms with E-state index in [1.54, 1.807) is 13.1 Å². The van der Waals surface area contributed by atoms with E-state index < -0.39 is 11.6 Å². The molecule has 0 aliphatic heterocycles. The number of nitrogens with zero attached hydrogens (tertiary/aromatic N) is 2. The normalized spacial score (nSPS) is 13.3. The molecule has 1 rings (SSSR count). The number of hydrogen-bond donors (Lipinski definition) is 3. The maximum absolute atomic E-state index is 9.68. The molecule has 5 heteroatoms. The third-order valence-electron chi connectivity index (χ3n) is 2.79. The van der Waals surface area contributed by atoms with E-state index in [-0.39, 0.29) is 0 Å². The van der Waals surface area contributed by atoms with Crippen LogP contribution in [-0.4, -0.2) is 33.3 Å². The summed E-state index contributed by atoms with van der Waals surface area (Å²) in [5.74, 6) is 1.35. The Morgan fingerprint density at radius 3 is 2.65 bits per heavy atom. The summed E-state index contributed by atoms with van der Waals surface area (Å²) in [6, 6.07) is 0. The molecule has 0 bridgehead atoms. The molecule has 0 aliphatic rings. The molecule has 0 radical (unpaired) electrons. The number of aliphatic hydroxyl groups is 1. The second kappa shape index (κ2) is 5.31. The molecule has 0 aromatic carbocycles. The van der Waals surface area contributed by atoms with Crippen molar-refractivity contribution in [1.29, 1.82) is 0 Å². The van der Waals surface area contributed by atoms with Gasteiger partial charge in [0, 0.05) is 18.3 Å². The second-order valence-electron chi connectivity index (χ2n) is 4.78. The zero-order chi connectivity index (χ0) is 13.1. The fourth-order valence-electron chi connectivity index (χ4n) is 1.22. The summed E-state index contributed by atoms with van der Waals surface area (Å²) in [4.78, 5) is 8.56. The van der Waals surface area contributed by atoms with E-state index >= 15 is 0 Å². The molecular weight excluding hydrogens is 216 g/mol. The minimum Gasteiger partial charge on any atom is -0.391 e. The first-order valence-electron chi connectivity index (χ1n) is 5.90. The van der Waals surface area contributed by atoms with E-state index in [1.165, 1.54) is 0 Å². The van der Waals surface area contributed by atoms with Crippen LogP contribution in [-0.2, 0) is 0 Å². The smallest absolute Gasteiger partial charge is 0.224 e. The molecule has 0 saturated heterocycles. The van der Waals surface area contributed by atoms with Gasteiger partial charge in [0.2, 0.25) is 5.95 Å². The highest BCUT2D eigenvalue weighted by molar-refractivity contribution is 5.48. The second-order valence-corrected chi connectivity index (χ2v) is 4.78. The highest BCUT2D eigenvalue weighted by Gasteiger charge is 2.24. The number of nitrogens with one attached hydrogen (secondary N) is 2. The van der Waals surface area contributed by atoms with E-state index in [0.29, 0.717) is 5.95 Å². The van der Waals surface area contributed by atoms with Crippen LogP contribution in [0.1, 0.15) is 33.3 Å². The summed E-state index contributed by atoms with van der Waals surface area (Å²) in [5, 5.41) is 16.0. The molecule has 0 saturated carbocycles. The van der Waals surface area contributed by atoms with Crippen LogP contribution in [0.4, 0.5) is 11.8 Å². The first-order valence-corrected chi connectivity index (χ1v) is 5.90. The lowest BCUT2D eigenvalue weighted by molar-refractivity contribution is 0.133. The summed E-state index contributed by atoms with van der Waals surface area (Å²) < 4.78 is 0. The maximum Gasteiger partial charge on any atom is 0.224 e. The van der Waals surface area contributed by atoms with Crippen molar-refractivity contribution in [2.45, 2.75) is 46.3 Å². The molecule has 0 amide bonds. The number of rotatable bonds is 5. The number of anilines is 2. The SMILES string of the molecule is CCNc1ncc(C)c(NC(C)(C)C(C)O)n1. The zero-order valence-electron chi connectivity index (χ0n) is 11.2. The third-order valence-corrected chi connectivity index (χ3v) is 2.79. The van der Waals surface area contributed by atoms with Gasteiger partial charge in [-0.2, -0.15) is 4.98 Å². The van der Waals surface area contributed by atoms with Gasteiger partial charge in [-0.15, -0.1) is 0 Å². The van der Waals surface area contributed by atoms with Gasteiger partial charge >= 0.3 is 0 Å². The quantitative estimate of drug-likeness (QED) is 0.729. The molecule has 0 spiro atoms. The van der Waals surface area contributed by atoms with Crippen molar-refractivity contribution in [3.63, 3.8) is 0 Å².